The third-order valence-corrected chi connectivity index (χ3v) is 6.66. The zero-order chi connectivity index (χ0) is 27.4. The molecule has 0 bridgehead atoms. The highest BCUT2D eigenvalue weighted by Gasteiger charge is 2.34. The Morgan fingerprint density at radius 2 is 1.81 bits per heavy atom. The van der Waals surface area contributed by atoms with Crippen LogP contribution in [0.3, 0.4) is 0 Å². The van der Waals surface area contributed by atoms with Gasteiger partial charge in [-0.05, 0) is 53.2 Å². The third kappa shape index (κ3) is 4.66. The van der Waals surface area contributed by atoms with Crippen LogP contribution in [0.1, 0.15) is 51.3 Å². The molecule has 0 unspecified atom stereocenters. The lowest BCUT2D eigenvalue weighted by Crippen LogP contribution is -2.38. The second-order valence-corrected chi connectivity index (χ2v) is 10.6. The molecule has 1 aliphatic heterocycles. The molecule has 2 aromatic carbocycles. The van der Waals surface area contributed by atoms with Crippen molar-refractivity contribution in [2.45, 2.75) is 64.8 Å². The summed E-state index contributed by atoms with van der Waals surface area (Å²) in [6.45, 7) is 7.93. The van der Waals surface area contributed by atoms with Gasteiger partial charge in [0.1, 0.15) is 33.7 Å². The van der Waals surface area contributed by atoms with Gasteiger partial charge in [-0.1, -0.05) is 11.6 Å². The highest BCUT2D eigenvalue weighted by atomic mass is 16.5. The lowest BCUT2D eigenvalue weighted by molar-refractivity contribution is -0.0472. The van der Waals surface area contributed by atoms with E-state index in [-0.39, 0.29) is 63.8 Å². The predicted octanol–water partition coefficient (Wildman–Crippen LogP) is 3.40. The van der Waals surface area contributed by atoms with Crippen molar-refractivity contribution in [2.75, 3.05) is 6.61 Å². The molecule has 0 fully saturated rings. The molecule has 1 aliphatic rings. The summed E-state index contributed by atoms with van der Waals surface area (Å²) in [6, 6.07) is 1.11. The van der Waals surface area contributed by atoms with E-state index in [1.165, 1.54) is 13.8 Å². The molecule has 4 rings (SSSR count). The lowest BCUT2D eigenvalue weighted by atomic mass is 9.89. The van der Waals surface area contributed by atoms with Crippen LogP contribution in [0, 0.1) is 0 Å². The molecule has 0 aliphatic carbocycles. The van der Waals surface area contributed by atoms with Gasteiger partial charge in [-0.2, -0.15) is 0 Å². The van der Waals surface area contributed by atoms with Gasteiger partial charge in [0, 0.05) is 23.6 Å². The van der Waals surface area contributed by atoms with Crippen LogP contribution in [-0.4, -0.2) is 54.6 Å². The molecule has 1 aromatic heterocycles. The number of aromatic hydroxyl groups is 3. The first-order valence-electron chi connectivity index (χ1n) is 11.9. The number of phenols is 3. The fourth-order valence-corrected chi connectivity index (χ4v) is 4.36. The minimum absolute atomic E-state index is 0.00652. The van der Waals surface area contributed by atoms with E-state index in [2.05, 4.69) is 0 Å². The summed E-state index contributed by atoms with van der Waals surface area (Å²) < 4.78 is 12.2. The van der Waals surface area contributed by atoms with E-state index in [4.69, 9.17) is 9.15 Å². The second-order valence-electron chi connectivity index (χ2n) is 10.6. The van der Waals surface area contributed by atoms with Crippen LogP contribution in [0.25, 0.3) is 28.0 Å². The molecule has 0 radical (unpaired) electrons. The fourth-order valence-electron chi connectivity index (χ4n) is 4.36. The topological polar surface area (TPSA) is 161 Å². The molecule has 6 N–H and O–H groups in total. The molecular formula is C28H32O9. The van der Waals surface area contributed by atoms with Crippen LogP contribution in [0.5, 0.6) is 23.0 Å². The number of allylic oxidation sites excluding steroid dienone is 1. The maximum Gasteiger partial charge on any atom is 0.204 e. The van der Waals surface area contributed by atoms with Crippen molar-refractivity contribution in [3.8, 4) is 23.0 Å². The Morgan fingerprint density at radius 3 is 2.43 bits per heavy atom. The first kappa shape index (κ1) is 26.5. The van der Waals surface area contributed by atoms with Crippen LogP contribution in [0.4, 0.5) is 0 Å². The van der Waals surface area contributed by atoms with Gasteiger partial charge >= 0.3 is 0 Å². The molecule has 1 atom stereocenters. The highest BCUT2D eigenvalue weighted by Crippen LogP contribution is 2.46. The van der Waals surface area contributed by atoms with Crippen molar-refractivity contribution in [1.82, 2.24) is 0 Å². The van der Waals surface area contributed by atoms with E-state index in [0.717, 1.165) is 6.07 Å². The second kappa shape index (κ2) is 9.09. The zero-order valence-corrected chi connectivity index (χ0v) is 21.4. The average molecular weight is 513 g/mol. The van der Waals surface area contributed by atoms with E-state index in [0.29, 0.717) is 5.57 Å². The Labute approximate surface area is 213 Å². The standard InChI is InChI=1S/C28H32O9/c1-13(12-29)6-7-14-20-18(11-17(30)22(14)32)36-26-16(10-19(31)28(4,5)35)25-15(8-9-27(2,3)37-25)23(33)21(26)24(20)34/h6,8-9,11,19,29-33,35H,7,10,12H2,1-5H3/t19-/m0/s1. The maximum absolute atomic E-state index is 13.9. The zero-order valence-electron chi connectivity index (χ0n) is 21.4. The summed E-state index contributed by atoms with van der Waals surface area (Å²) in [7, 11) is 0. The smallest absolute Gasteiger partial charge is 0.204 e. The van der Waals surface area contributed by atoms with E-state index in [1.54, 1.807) is 39.0 Å². The van der Waals surface area contributed by atoms with E-state index < -0.39 is 40.0 Å². The molecule has 9 nitrogen and oxygen atoms in total. The van der Waals surface area contributed by atoms with Gasteiger partial charge in [-0.3, -0.25) is 4.79 Å². The summed E-state index contributed by atoms with van der Waals surface area (Å²) >= 11 is 0. The van der Waals surface area contributed by atoms with Crippen LogP contribution in [0.2, 0.25) is 0 Å². The fraction of sp³-hybridized carbons (Fsp3) is 0.393. The molecule has 37 heavy (non-hydrogen) atoms. The number of hydrogen-bond donors (Lipinski definition) is 6. The van der Waals surface area contributed by atoms with Gasteiger partial charge in [-0.25, -0.2) is 0 Å². The minimum Gasteiger partial charge on any atom is -0.506 e. The SMILES string of the molecule is CC(=CCc1c(O)c(O)cc2oc3c(C[C@H](O)C(C)(C)O)c4c(c(O)c3c(=O)c12)C=CC(C)(C)O4)CO. The van der Waals surface area contributed by atoms with Crippen LogP contribution < -0.4 is 10.2 Å². The van der Waals surface area contributed by atoms with E-state index in [9.17, 15) is 35.4 Å². The van der Waals surface area contributed by atoms with Crippen LogP contribution in [-0.2, 0) is 12.8 Å². The Bertz CT molecular complexity index is 1520. The molecule has 2 heterocycles. The number of benzene rings is 2. The normalized spacial score (nSPS) is 16.2. The number of aliphatic hydroxyl groups is 3. The maximum atomic E-state index is 13.9. The van der Waals surface area contributed by atoms with E-state index >= 15 is 0 Å². The molecular weight excluding hydrogens is 480 g/mol. The van der Waals surface area contributed by atoms with Gasteiger partial charge in [0.2, 0.25) is 5.43 Å². The van der Waals surface area contributed by atoms with Gasteiger partial charge in [0.05, 0.1) is 29.3 Å². The molecule has 198 valence electrons. The summed E-state index contributed by atoms with van der Waals surface area (Å²) in [5.41, 5.74) is -1.91. The average Bonchev–Trinajstić information content (AvgIpc) is 2.80. The molecule has 3 aromatic rings. The largest absolute Gasteiger partial charge is 0.506 e. The summed E-state index contributed by atoms with van der Waals surface area (Å²) in [5.74, 6) is -1.22. The van der Waals surface area contributed by atoms with Gasteiger partial charge in [0.25, 0.3) is 0 Å². The first-order valence-corrected chi connectivity index (χ1v) is 11.9. The molecule has 0 saturated carbocycles. The molecule has 0 spiro atoms. The molecule has 9 heteroatoms. The highest BCUT2D eigenvalue weighted by molar-refractivity contribution is 6.01. The minimum atomic E-state index is -1.50. The van der Waals surface area contributed by atoms with Gasteiger partial charge in [-0.15, -0.1) is 0 Å². The monoisotopic (exact) mass is 512 g/mol. The lowest BCUT2D eigenvalue weighted by Gasteiger charge is -2.32. The Hall–Kier alpha value is -3.53. The first-order chi connectivity index (χ1) is 17.2. The summed E-state index contributed by atoms with van der Waals surface area (Å²) in [6.07, 6.45) is 3.51. The number of ether oxygens (including phenoxy) is 1. The Morgan fingerprint density at radius 1 is 1.14 bits per heavy atom. The summed E-state index contributed by atoms with van der Waals surface area (Å²) in [4.78, 5) is 13.9. The van der Waals surface area contributed by atoms with Crippen molar-refractivity contribution in [1.29, 1.82) is 0 Å². The predicted molar refractivity (Wildman–Crippen MR) is 139 cm³/mol. The molecule has 0 saturated heterocycles. The van der Waals surface area contributed by atoms with Crippen LogP contribution >= 0.6 is 0 Å². The number of rotatable bonds is 6. The Balaban J connectivity index is 2.15. The van der Waals surface area contributed by atoms with Crippen molar-refractivity contribution in [3.63, 3.8) is 0 Å². The van der Waals surface area contributed by atoms with Crippen molar-refractivity contribution < 1.29 is 39.8 Å². The molecule has 0 amide bonds. The Kier molecular flexibility index (Phi) is 6.52. The van der Waals surface area contributed by atoms with Crippen molar-refractivity contribution in [3.05, 3.63) is 50.7 Å². The number of phenolic OH excluding ortho intramolecular Hbond substituents is 3. The van der Waals surface area contributed by atoms with E-state index in [1.807, 2.05) is 0 Å². The van der Waals surface area contributed by atoms with Crippen molar-refractivity contribution in [2.24, 2.45) is 0 Å². The van der Waals surface area contributed by atoms with Crippen molar-refractivity contribution >= 4 is 28.0 Å². The number of aliphatic hydroxyl groups excluding tert-OH is 2. The quantitative estimate of drug-likeness (QED) is 0.165. The summed E-state index contributed by atoms with van der Waals surface area (Å²) in [5, 5.41) is 62.5. The van der Waals surface area contributed by atoms with Crippen LogP contribution in [0.15, 0.2) is 33.0 Å². The number of fused-ring (bicyclic) bond motifs is 3. The van der Waals surface area contributed by atoms with Gasteiger partial charge in [0.15, 0.2) is 11.5 Å². The number of hydrogen-bond acceptors (Lipinski definition) is 9. The third-order valence-electron chi connectivity index (χ3n) is 6.66. The van der Waals surface area contributed by atoms with Gasteiger partial charge < -0.3 is 39.8 Å².